The smallest absolute Gasteiger partial charge is 0.342 e. The van der Waals surface area contributed by atoms with Crippen molar-refractivity contribution in [3.63, 3.8) is 0 Å². The van der Waals surface area contributed by atoms with Gasteiger partial charge in [-0.25, -0.2) is 4.79 Å². The fourth-order valence-corrected chi connectivity index (χ4v) is 1.25. The maximum Gasteiger partial charge on any atom is 0.342 e. The number of allylic oxidation sites excluding steroid dienone is 1. The molecule has 0 aromatic heterocycles. The fraction of sp³-hybridized carbons (Fsp3) is 0.444. The predicted octanol–water partition coefficient (Wildman–Crippen LogP) is 0.246. The Morgan fingerprint density at radius 2 is 1.93 bits per heavy atom. The quantitative estimate of drug-likeness (QED) is 0.412. The van der Waals surface area contributed by atoms with Gasteiger partial charge < -0.3 is 15.8 Å². The number of nitrogens with two attached hydrogens (primary N) is 1. The summed E-state index contributed by atoms with van der Waals surface area (Å²) in [6.45, 7) is 4.70. The summed E-state index contributed by atoms with van der Waals surface area (Å²) in [6, 6.07) is 0. The van der Waals surface area contributed by atoms with Crippen molar-refractivity contribution in [2.45, 2.75) is 20.8 Å². The van der Waals surface area contributed by atoms with Gasteiger partial charge in [0.25, 0.3) is 0 Å². The van der Waals surface area contributed by atoms with Crippen molar-refractivity contribution in [2.24, 2.45) is 5.73 Å². The van der Waals surface area contributed by atoms with Crippen LogP contribution in [0.2, 0.25) is 0 Å². The lowest BCUT2D eigenvalue weighted by molar-refractivity contribution is -0.137. The number of hydrogen-bond acceptors (Lipinski definition) is 5. The molecule has 1 amide bonds. The Balaban J connectivity index is 4.85. The molecule has 0 atom stereocenters. The van der Waals surface area contributed by atoms with E-state index in [1.807, 2.05) is 0 Å². The summed E-state index contributed by atoms with van der Waals surface area (Å²) in [5.74, 6) is -0.987. The second-order valence-electron chi connectivity index (χ2n) is 2.79. The average Bonchev–Trinajstić information content (AvgIpc) is 2.01. The molecule has 0 saturated carbocycles. The van der Waals surface area contributed by atoms with Crippen LogP contribution in [0, 0.1) is 0 Å². The fourth-order valence-electron chi connectivity index (χ4n) is 0.858. The number of esters is 1. The number of ether oxygens (including phenoxy) is 1. The molecule has 0 saturated heterocycles. The van der Waals surface area contributed by atoms with E-state index < -0.39 is 5.97 Å². The van der Waals surface area contributed by atoms with Gasteiger partial charge in [-0.3, -0.25) is 4.79 Å². The number of carbonyl (C=O) groups excluding carboxylic acids is 2. The minimum absolute atomic E-state index is 0.0130. The average molecular weight is 230 g/mol. The molecule has 0 heterocycles. The molecular weight excluding hydrogens is 216 g/mol. The van der Waals surface area contributed by atoms with Crippen molar-refractivity contribution in [3.05, 3.63) is 11.3 Å². The molecule has 0 unspecified atom stereocenters. The van der Waals surface area contributed by atoms with E-state index in [1.165, 1.54) is 13.8 Å². The van der Waals surface area contributed by atoms with Crippen molar-refractivity contribution in [2.75, 3.05) is 6.61 Å². The van der Waals surface area contributed by atoms with Crippen LogP contribution in [0.4, 0.5) is 0 Å². The Morgan fingerprint density at radius 1 is 1.40 bits per heavy atom. The molecule has 0 fully saturated rings. The molecule has 0 aromatic carbocycles. The molecule has 0 spiro atoms. The number of amides is 1. The normalized spacial score (nSPS) is 11.4. The number of hydrogen-bond donors (Lipinski definition) is 2. The molecule has 0 aliphatic carbocycles. The van der Waals surface area contributed by atoms with Crippen molar-refractivity contribution in [3.8, 4) is 0 Å². The zero-order valence-electron chi connectivity index (χ0n) is 8.92. The van der Waals surface area contributed by atoms with Gasteiger partial charge in [0.15, 0.2) is 0 Å². The number of thiocarbonyl (C=S) groups is 1. The summed E-state index contributed by atoms with van der Waals surface area (Å²) >= 11 is 4.85. The third kappa shape index (κ3) is 4.55. The van der Waals surface area contributed by atoms with Gasteiger partial charge in [0.1, 0.15) is 10.6 Å². The van der Waals surface area contributed by atoms with Crippen molar-refractivity contribution in [1.82, 2.24) is 5.32 Å². The van der Waals surface area contributed by atoms with Gasteiger partial charge in [-0.15, -0.1) is 0 Å². The van der Waals surface area contributed by atoms with Crippen molar-refractivity contribution >= 4 is 29.1 Å². The molecular formula is C9H14N2O3S. The van der Waals surface area contributed by atoms with Gasteiger partial charge in [-0.2, -0.15) is 0 Å². The Kier molecular flexibility index (Phi) is 5.54. The molecule has 0 radical (unpaired) electrons. The van der Waals surface area contributed by atoms with Crippen LogP contribution < -0.4 is 11.1 Å². The summed E-state index contributed by atoms with van der Waals surface area (Å²) in [7, 11) is 0. The number of rotatable bonds is 3. The highest BCUT2D eigenvalue weighted by Crippen LogP contribution is 2.04. The SMILES string of the molecule is CCOC(=O)/C(C(=S)NC(C)=O)=C(\C)N. The first-order valence-corrected chi connectivity index (χ1v) is 4.76. The Hall–Kier alpha value is -1.43. The van der Waals surface area contributed by atoms with E-state index in [2.05, 4.69) is 5.32 Å². The molecule has 0 rings (SSSR count). The summed E-state index contributed by atoms with van der Waals surface area (Å²) in [5, 5.41) is 2.32. The van der Waals surface area contributed by atoms with E-state index in [-0.39, 0.29) is 28.8 Å². The predicted molar refractivity (Wildman–Crippen MR) is 59.9 cm³/mol. The van der Waals surface area contributed by atoms with E-state index in [1.54, 1.807) is 6.92 Å². The minimum atomic E-state index is -0.628. The molecule has 3 N–H and O–H groups in total. The first kappa shape index (κ1) is 13.6. The summed E-state index contributed by atoms with van der Waals surface area (Å²) < 4.78 is 4.75. The first-order valence-electron chi connectivity index (χ1n) is 4.35. The zero-order chi connectivity index (χ0) is 12.0. The van der Waals surface area contributed by atoms with Crippen LogP contribution in [0.5, 0.6) is 0 Å². The van der Waals surface area contributed by atoms with E-state index in [9.17, 15) is 9.59 Å². The van der Waals surface area contributed by atoms with Crippen LogP contribution in [0.3, 0.4) is 0 Å². The second-order valence-corrected chi connectivity index (χ2v) is 3.20. The number of carbonyl (C=O) groups is 2. The van der Waals surface area contributed by atoms with Crippen LogP contribution in [-0.2, 0) is 14.3 Å². The Bertz CT molecular complexity index is 319. The zero-order valence-corrected chi connectivity index (χ0v) is 9.73. The third-order valence-electron chi connectivity index (χ3n) is 1.39. The highest BCUT2D eigenvalue weighted by atomic mass is 32.1. The first-order chi connectivity index (χ1) is 6.90. The largest absolute Gasteiger partial charge is 0.462 e. The lowest BCUT2D eigenvalue weighted by Gasteiger charge is -2.10. The van der Waals surface area contributed by atoms with Gasteiger partial charge in [0, 0.05) is 12.6 Å². The number of nitrogens with one attached hydrogen (secondary N) is 1. The topological polar surface area (TPSA) is 81.4 Å². The molecule has 0 bridgehead atoms. The lowest BCUT2D eigenvalue weighted by atomic mass is 10.2. The van der Waals surface area contributed by atoms with Crippen LogP contribution in [0.15, 0.2) is 11.3 Å². The van der Waals surface area contributed by atoms with Crippen LogP contribution in [0.25, 0.3) is 0 Å². The summed E-state index contributed by atoms with van der Waals surface area (Å²) in [6.07, 6.45) is 0. The summed E-state index contributed by atoms with van der Waals surface area (Å²) in [5.41, 5.74) is 5.73. The monoisotopic (exact) mass is 230 g/mol. The molecule has 84 valence electrons. The molecule has 15 heavy (non-hydrogen) atoms. The lowest BCUT2D eigenvalue weighted by Crippen LogP contribution is -2.33. The summed E-state index contributed by atoms with van der Waals surface area (Å²) in [4.78, 5) is 22.1. The van der Waals surface area contributed by atoms with Crippen molar-refractivity contribution < 1.29 is 14.3 Å². The third-order valence-corrected chi connectivity index (χ3v) is 1.70. The highest BCUT2D eigenvalue weighted by molar-refractivity contribution is 7.81. The minimum Gasteiger partial charge on any atom is -0.462 e. The maximum absolute atomic E-state index is 11.4. The van der Waals surface area contributed by atoms with Crippen LogP contribution in [-0.4, -0.2) is 23.5 Å². The van der Waals surface area contributed by atoms with Gasteiger partial charge >= 0.3 is 5.97 Å². The molecule has 0 aromatic rings. The van der Waals surface area contributed by atoms with E-state index in [0.717, 1.165) is 0 Å². The van der Waals surface area contributed by atoms with Crippen LogP contribution >= 0.6 is 12.2 Å². The van der Waals surface area contributed by atoms with Crippen LogP contribution in [0.1, 0.15) is 20.8 Å². The van der Waals surface area contributed by atoms with E-state index in [0.29, 0.717) is 0 Å². The van der Waals surface area contributed by atoms with Gasteiger partial charge in [-0.05, 0) is 13.8 Å². The van der Waals surface area contributed by atoms with Gasteiger partial charge in [0.05, 0.1) is 6.61 Å². The van der Waals surface area contributed by atoms with Gasteiger partial charge in [-0.1, -0.05) is 12.2 Å². The van der Waals surface area contributed by atoms with Crippen molar-refractivity contribution in [1.29, 1.82) is 0 Å². The van der Waals surface area contributed by atoms with E-state index >= 15 is 0 Å². The second kappa shape index (κ2) is 6.13. The Labute approximate surface area is 93.7 Å². The molecule has 6 heteroatoms. The van der Waals surface area contributed by atoms with Gasteiger partial charge in [0.2, 0.25) is 5.91 Å². The Morgan fingerprint density at radius 3 is 2.27 bits per heavy atom. The standard InChI is InChI=1S/C9H14N2O3S/c1-4-14-9(13)7(5(2)10)8(15)11-6(3)12/h4,10H2,1-3H3,(H,11,12,15)/b7-5+. The molecule has 5 nitrogen and oxygen atoms in total. The molecule has 0 aliphatic rings. The highest BCUT2D eigenvalue weighted by Gasteiger charge is 2.18. The van der Waals surface area contributed by atoms with E-state index in [4.69, 9.17) is 22.7 Å². The molecule has 0 aliphatic heterocycles. The maximum atomic E-state index is 11.4.